The number of imidazole rings is 1. The van der Waals surface area contributed by atoms with Crippen molar-refractivity contribution in [3.8, 4) is 0 Å². The summed E-state index contributed by atoms with van der Waals surface area (Å²) in [7, 11) is 0. The second-order valence-electron chi connectivity index (χ2n) is 8.38. The van der Waals surface area contributed by atoms with Gasteiger partial charge in [0.1, 0.15) is 18.1 Å². The van der Waals surface area contributed by atoms with Gasteiger partial charge in [0.15, 0.2) is 5.89 Å². The first-order valence-corrected chi connectivity index (χ1v) is 11.3. The number of nitrogens with zero attached hydrogens (tertiary/aromatic N) is 4. The Bertz CT molecular complexity index is 1240. The van der Waals surface area contributed by atoms with Crippen LogP contribution in [0.25, 0.3) is 11.0 Å². The molecule has 2 aromatic carbocycles. The maximum absolute atomic E-state index is 13.1. The SMILES string of the molecule is Cc1nc2ccccc2n1CC(=O)N1CCC[C@@H](c2ncc(Cc3ccc(Cl)cc3)o2)C1. The lowest BCUT2D eigenvalue weighted by atomic mass is 9.98. The zero-order chi connectivity index (χ0) is 22.1. The number of piperidine rings is 1. The van der Waals surface area contributed by atoms with E-state index in [2.05, 4.69) is 9.97 Å². The Morgan fingerprint density at radius 2 is 2.00 bits per heavy atom. The van der Waals surface area contributed by atoms with Crippen LogP contribution in [-0.2, 0) is 17.8 Å². The number of oxazole rings is 1. The Morgan fingerprint density at radius 3 is 2.84 bits per heavy atom. The molecule has 7 heteroatoms. The molecule has 0 bridgehead atoms. The zero-order valence-electron chi connectivity index (χ0n) is 18.0. The molecule has 2 aromatic heterocycles. The zero-order valence-corrected chi connectivity index (χ0v) is 18.8. The summed E-state index contributed by atoms with van der Waals surface area (Å²) in [5.74, 6) is 2.62. The fourth-order valence-corrected chi connectivity index (χ4v) is 4.56. The molecule has 32 heavy (non-hydrogen) atoms. The van der Waals surface area contributed by atoms with Gasteiger partial charge in [-0.1, -0.05) is 35.9 Å². The van der Waals surface area contributed by atoms with Crippen LogP contribution < -0.4 is 0 Å². The lowest BCUT2D eigenvalue weighted by molar-refractivity contribution is -0.133. The van der Waals surface area contributed by atoms with Crippen LogP contribution in [-0.4, -0.2) is 38.4 Å². The quantitative estimate of drug-likeness (QED) is 0.431. The highest BCUT2D eigenvalue weighted by molar-refractivity contribution is 6.30. The molecular weight excluding hydrogens is 424 g/mol. The number of carbonyl (C=O) groups excluding carboxylic acids is 1. The molecule has 0 unspecified atom stereocenters. The van der Waals surface area contributed by atoms with E-state index < -0.39 is 0 Å². The molecule has 0 radical (unpaired) electrons. The number of hydrogen-bond acceptors (Lipinski definition) is 4. The van der Waals surface area contributed by atoms with E-state index in [0.29, 0.717) is 19.5 Å². The molecule has 0 aliphatic carbocycles. The van der Waals surface area contributed by atoms with Gasteiger partial charge in [0.2, 0.25) is 5.91 Å². The second kappa shape index (κ2) is 8.79. The molecule has 0 N–H and O–H groups in total. The largest absolute Gasteiger partial charge is 0.445 e. The minimum atomic E-state index is 0.105. The van der Waals surface area contributed by atoms with Crippen molar-refractivity contribution < 1.29 is 9.21 Å². The molecule has 1 fully saturated rings. The maximum Gasteiger partial charge on any atom is 0.242 e. The standard InChI is InChI=1S/C25H25ClN4O2/c1-17-28-22-6-2-3-7-23(22)30(17)16-24(31)29-12-4-5-19(15-29)25-27-14-21(32-25)13-18-8-10-20(26)11-9-18/h2-3,6-11,14,19H,4-5,12-13,15-16H2,1H3/t19-/m1/s1. The number of rotatable bonds is 5. The predicted octanol–water partition coefficient (Wildman–Crippen LogP) is 4.98. The fraction of sp³-hybridized carbons (Fsp3) is 0.320. The Kier molecular flexibility index (Phi) is 5.70. The number of likely N-dealkylation sites (tertiary alicyclic amines) is 1. The van der Waals surface area contributed by atoms with E-state index in [0.717, 1.165) is 58.5 Å². The van der Waals surface area contributed by atoms with Gasteiger partial charge in [-0.05, 0) is 49.6 Å². The van der Waals surface area contributed by atoms with Crippen molar-refractivity contribution in [2.45, 2.75) is 38.6 Å². The average molecular weight is 449 g/mol. The lowest BCUT2D eigenvalue weighted by Crippen LogP contribution is -2.41. The van der Waals surface area contributed by atoms with Crippen molar-refractivity contribution in [3.05, 3.63) is 82.8 Å². The molecule has 0 saturated carbocycles. The normalized spacial score (nSPS) is 16.6. The summed E-state index contributed by atoms with van der Waals surface area (Å²) < 4.78 is 8.07. The minimum absolute atomic E-state index is 0.105. The van der Waals surface area contributed by atoms with E-state index in [1.54, 1.807) is 6.20 Å². The van der Waals surface area contributed by atoms with Crippen LogP contribution in [0, 0.1) is 6.92 Å². The maximum atomic E-state index is 13.1. The van der Waals surface area contributed by atoms with Crippen LogP contribution in [0.1, 0.15) is 41.8 Å². The van der Waals surface area contributed by atoms with Gasteiger partial charge in [0.25, 0.3) is 0 Å². The number of hydrogen-bond donors (Lipinski definition) is 0. The van der Waals surface area contributed by atoms with Crippen molar-refractivity contribution >= 4 is 28.5 Å². The summed E-state index contributed by atoms with van der Waals surface area (Å²) in [5.41, 5.74) is 3.04. The molecule has 0 spiro atoms. The van der Waals surface area contributed by atoms with Crippen LogP contribution in [0.2, 0.25) is 5.02 Å². The van der Waals surface area contributed by atoms with Crippen molar-refractivity contribution in [1.82, 2.24) is 19.4 Å². The predicted molar refractivity (Wildman–Crippen MR) is 124 cm³/mol. The number of para-hydroxylation sites is 2. The summed E-state index contributed by atoms with van der Waals surface area (Å²) in [6, 6.07) is 15.7. The highest BCUT2D eigenvalue weighted by atomic mass is 35.5. The van der Waals surface area contributed by atoms with E-state index in [1.165, 1.54) is 0 Å². The molecule has 1 aliphatic heterocycles. The van der Waals surface area contributed by atoms with Gasteiger partial charge < -0.3 is 13.9 Å². The number of benzene rings is 2. The van der Waals surface area contributed by atoms with E-state index in [-0.39, 0.29) is 11.8 Å². The first-order valence-electron chi connectivity index (χ1n) is 11.0. The lowest BCUT2D eigenvalue weighted by Gasteiger charge is -2.31. The van der Waals surface area contributed by atoms with Crippen molar-refractivity contribution in [2.75, 3.05) is 13.1 Å². The van der Waals surface area contributed by atoms with Gasteiger partial charge in [0.05, 0.1) is 23.1 Å². The molecule has 1 atom stereocenters. The smallest absolute Gasteiger partial charge is 0.242 e. The highest BCUT2D eigenvalue weighted by Gasteiger charge is 2.28. The monoisotopic (exact) mass is 448 g/mol. The van der Waals surface area contributed by atoms with E-state index in [9.17, 15) is 4.79 Å². The third kappa shape index (κ3) is 4.28. The molecular formula is C25H25ClN4O2. The van der Waals surface area contributed by atoms with Gasteiger partial charge in [-0.15, -0.1) is 0 Å². The van der Waals surface area contributed by atoms with Crippen LogP contribution in [0.15, 0.2) is 59.1 Å². The molecule has 6 nitrogen and oxygen atoms in total. The average Bonchev–Trinajstić information content (AvgIpc) is 3.40. The summed E-state index contributed by atoms with van der Waals surface area (Å²) >= 11 is 5.97. The first kappa shape index (κ1) is 20.8. The van der Waals surface area contributed by atoms with Gasteiger partial charge in [0, 0.05) is 24.5 Å². The van der Waals surface area contributed by atoms with Crippen molar-refractivity contribution in [3.63, 3.8) is 0 Å². The Labute approximate surface area is 191 Å². The Morgan fingerprint density at radius 1 is 1.19 bits per heavy atom. The van der Waals surface area contributed by atoms with Gasteiger partial charge in [-0.3, -0.25) is 4.79 Å². The summed E-state index contributed by atoms with van der Waals surface area (Å²) in [4.78, 5) is 24.2. The second-order valence-corrected chi connectivity index (χ2v) is 8.82. The first-order chi connectivity index (χ1) is 15.6. The minimum Gasteiger partial charge on any atom is -0.445 e. The van der Waals surface area contributed by atoms with Crippen LogP contribution >= 0.6 is 11.6 Å². The van der Waals surface area contributed by atoms with E-state index in [1.807, 2.05) is 64.9 Å². The van der Waals surface area contributed by atoms with Gasteiger partial charge >= 0.3 is 0 Å². The number of halogens is 1. The summed E-state index contributed by atoms with van der Waals surface area (Å²) in [6.07, 6.45) is 4.38. The number of fused-ring (bicyclic) bond motifs is 1. The molecule has 5 rings (SSSR count). The summed E-state index contributed by atoms with van der Waals surface area (Å²) in [5, 5.41) is 0.720. The van der Waals surface area contributed by atoms with Crippen LogP contribution in [0.4, 0.5) is 0 Å². The summed E-state index contributed by atoms with van der Waals surface area (Å²) in [6.45, 7) is 3.64. The Balaban J connectivity index is 1.26. The number of carbonyl (C=O) groups is 1. The topological polar surface area (TPSA) is 64.2 Å². The third-order valence-electron chi connectivity index (χ3n) is 6.13. The van der Waals surface area contributed by atoms with Crippen molar-refractivity contribution in [2.24, 2.45) is 0 Å². The Hall–Kier alpha value is -3.12. The molecule has 1 saturated heterocycles. The van der Waals surface area contributed by atoms with E-state index >= 15 is 0 Å². The third-order valence-corrected chi connectivity index (χ3v) is 6.38. The molecule has 164 valence electrons. The highest BCUT2D eigenvalue weighted by Crippen LogP contribution is 2.28. The van der Waals surface area contributed by atoms with Gasteiger partial charge in [-0.25, -0.2) is 9.97 Å². The molecule has 4 aromatic rings. The van der Waals surface area contributed by atoms with E-state index in [4.69, 9.17) is 16.0 Å². The number of amides is 1. The van der Waals surface area contributed by atoms with Crippen LogP contribution in [0.3, 0.4) is 0 Å². The number of aromatic nitrogens is 3. The van der Waals surface area contributed by atoms with Crippen LogP contribution in [0.5, 0.6) is 0 Å². The molecule has 1 aliphatic rings. The molecule has 1 amide bonds. The van der Waals surface area contributed by atoms with Gasteiger partial charge in [-0.2, -0.15) is 0 Å². The fourth-order valence-electron chi connectivity index (χ4n) is 4.43. The number of aryl methyl sites for hydroxylation is 1. The van der Waals surface area contributed by atoms with Crippen molar-refractivity contribution in [1.29, 1.82) is 0 Å². The molecule has 3 heterocycles.